The molecule has 1 aromatic rings. The molecule has 0 aromatic heterocycles. The Balaban J connectivity index is 2.89. The lowest BCUT2D eigenvalue weighted by molar-refractivity contribution is -0.116. The van der Waals surface area contributed by atoms with Gasteiger partial charge in [0.15, 0.2) is 0 Å². The molecular formula is C14H20N4O3. The predicted octanol–water partition coefficient (Wildman–Crippen LogP) is 0.340. The Morgan fingerprint density at radius 2 is 1.52 bits per heavy atom. The first-order valence-corrected chi connectivity index (χ1v) is 6.42. The van der Waals surface area contributed by atoms with Crippen LogP contribution in [0.25, 0.3) is 0 Å². The molecule has 114 valence electrons. The topological polar surface area (TPSA) is 141 Å². The van der Waals surface area contributed by atoms with Gasteiger partial charge < -0.3 is 22.5 Å². The molecule has 0 aliphatic heterocycles. The van der Waals surface area contributed by atoms with Gasteiger partial charge in [-0.15, -0.1) is 0 Å². The number of amides is 3. The van der Waals surface area contributed by atoms with E-state index in [9.17, 15) is 14.4 Å². The van der Waals surface area contributed by atoms with E-state index in [0.717, 1.165) is 0 Å². The minimum absolute atomic E-state index is 0.0979. The Hall–Kier alpha value is -2.41. The molecule has 7 heteroatoms. The zero-order valence-corrected chi connectivity index (χ0v) is 12.1. The molecule has 0 fully saturated rings. The van der Waals surface area contributed by atoms with Crippen LogP contribution in [0.5, 0.6) is 0 Å². The summed E-state index contributed by atoms with van der Waals surface area (Å²) in [5, 5.41) is 2.60. The van der Waals surface area contributed by atoms with Gasteiger partial charge in [0.2, 0.25) is 17.7 Å². The molecule has 7 nitrogen and oxygen atoms in total. The van der Waals surface area contributed by atoms with Crippen LogP contribution in [0.1, 0.15) is 47.4 Å². The zero-order chi connectivity index (χ0) is 16.2. The van der Waals surface area contributed by atoms with Crippen LogP contribution >= 0.6 is 0 Å². The second-order valence-electron chi connectivity index (χ2n) is 5.56. The molecule has 0 radical (unpaired) electrons. The van der Waals surface area contributed by atoms with Crippen LogP contribution in [0.3, 0.4) is 0 Å². The summed E-state index contributed by atoms with van der Waals surface area (Å²) in [4.78, 5) is 34.2. The predicted molar refractivity (Wildman–Crippen MR) is 79.6 cm³/mol. The van der Waals surface area contributed by atoms with Crippen molar-refractivity contribution in [2.75, 3.05) is 5.32 Å². The molecule has 21 heavy (non-hydrogen) atoms. The highest BCUT2D eigenvalue weighted by Gasteiger charge is 2.15. The molecule has 7 N–H and O–H groups in total. The number of nitrogens with one attached hydrogen (secondary N) is 1. The van der Waals surface area contributed by atoms with Crippen molar-refractivity contribution in [3.8, 4) is 0 Å². The van der Waals surface area contributed by atoms with Crippen molar-refractivity contribution in [2.45, 2.75) is 32.2 Å². The van der Waals surface area contributed by atoms with Crippen LogP contribution < -0.4 is 22.5 Å². The number of hydrogen-bond donors (Lipinski definition) is 4. The Bertz CT molecular complexity index is 544. The molecule has 1 rings (SSSR count). The molecule has 0 aliphatic carbocycles. The van der Waals surface area contributed by atoms with Crippen LogP contribution in [-0.2, 0) is 4.79 Å². The van der Waals surface area contributed by atoms with Gasteiger partial charge in [0.1, 0.15) is 0 Å². The summed E-state index contributed by atoms with van der Waals surface area (Å²) in [7, 11) is 0. The molecule has 0 saturated carbocycles. The molecular weight excluding hydrogens is 272 g/mol. The highest BCUT2D eigenvalue weighted by molar-refractivity contribution is 6.01. The van der Waals surface area contributed by atoms with Gasteiger partial charge in [-0.3, -0.25) is 14.4 Å². The third-order valence-corrected chi connectivity index (χ3v) is 2.78. The van der Waals surface area contributed by atoms with Crippen LogP contribution in [0.2, 0.25) is 0 Å². The Morgan fingerprint density at radius 1 is 1.05 bits per heavy atom. The van der Waals surface area contributed by atoms with Gasteiger partial charge in [0.05, 0.1) is 0 Å². The number of primary amides is 2. The summed E-state index contributed by atoms with van der Waals surface area (Å²) < 4.78 is 0. The Kier molecular flexibility index (Phi) is 5.04. The van der Waals surface area contributed by atoms with Crippen molar-refractivity contribution in [1.82, 2.24) is 0 Å². The lowest BCUT2D eigenvalue weighted by Gasteiger charge is -2.17. The van der Waals surface area contributed by atoms with Gasteiger partial charge in [-0.05, 0) is 38.5 Å². The number of carbonyl (C=O) groups is 3. The number of nitrogens with two attached hydrogens (primary N) is 3. The standard InChI is InChI=1S/C14H20N4O3/c1-14(2,17)4-3-11(19)18-10-6-8(12(15)20)5-9(7-10)13(16)21/h5-7H,3-4,17H2,1-2H3,(H2,15,20)(H2,16,21)(H,18,19). The molecule has 3 amide bonds. The van der Waals surface area contributed by atoms with E-state index < -0.39 is 17.4 Å². The average molecular weight is 292 g/mol. The maximum atomic E-state index is 11.8. The lowest BCUT2D eigenvalue weighted by atomic mass is 10.00. The monoisotopic (exact) mass is 292 g/mol. The van der Waals surface area contributed by atoms with E-state index in [1.807, 2.05) is 13.8 Å². The minimum Gasteiger partial charge on any atom is -0.366 e. The van der Waals surface area contributed by atoms with Gasteiger partial charge in [-0.25, -0.2) is 0 Å². The minimum atomic E-state index is -0.711. The highest BCUT2D eigenvalue weighted by atomic mass is 16.2. The number of carbonyl (C=O) groups excluding carboxylic acids is 3. The second-order valence-corrected chi connectivity index (χ2v) is 5.56. The van der Waals surface area contributed by atoms with E-state index >= 15 is 0 Å². The summed E-state index contributed by atoms with van der Waals surface area (Å²) in [5.41, 5.74) is 16.2. The fourth-order valence-corrected chi connectivity index (χ4v) is 1.64. The summed E-state index contributed by atoms with van der Waals surface area (Å²) in [6.45, 7) is 3.64. The number of benzene rings is 1. The molecule has 1 aromatic carbocycles. The first kappa shape index (κ1) is 16.6. The van der Waals surface area contributed by atoms with Crippen LogP contribution in [0.4, 0.5) is 5.69 Å². The van der Waals surface area contributed by atoms with Crippen LogP contribution in [-0.4, -0.2) is 23.3 Å². The fourth-order valence-electron chi connectivity index (χ4n) is 1.64. The van der Waals surface area contributed by atoms with Crippen LogP contribution in [0.15, 0.2) is 18.2 Å². The summed E-state index contributed by atoms with van der Waals surface area (Å²) in [5.74, 6) is -1.70. The maximum absolute atomic E-state index is 11.8. The van der Waals surface area contributed by atoms with E-state index in [1.54, 1.807) is 0 Å². The van der Waals surface area contributed by atoms with Crippen molar-refractivity contribution in [3.63, 3.8) is 0 Å². The normalized spacial score (nSPS) is 11.0. The van der Waals surface area contributed by atoms with Crippen molar-refractivity contribution >= 4 is 23.4 Å². The molecule has 0 unspecified atom stereocenters. The first-order chi connectivity index (χ1) is 9.58. The smallest absolute Gasteiger partial charge is 0.248 e. The van der Waals surface area contributed by atoms with Gasteiger partial charge >= 0.3 is 0 Å². The van der Waals surface area contributed by atoms with Gasteiger partial charge in [-0.1, -0.05) is 0 Å². The molecule has 0 heterocycles. The summed E-state index contributed by atoms with van der Waals surface area (Å²) in [6, 6.07) is 4.06. The zero-order valence-electron chi connectivity index (χ0n) is 12.1. The van der Waals surface area contributed by atoms with Crippen molar-refractivity contribution in [3.05, 3.63) is 29.3 Å². The van der Waals surface area contributed by atoms with E-state index in [2.05, 4.69) is 5.32 Å². The second kappa shape index (κ2) is 6.36. The lowest BCUT2D eigenvalue weighted by Crippen LogP contribution is -2.33. The largest absolute Gasteiger partial charge is 0.366 e. The quantitative estimate of drug-likeness (QED) is 0.599. The SMILES string of the molecule is CC(C)(N)CCC(=O)Nc1cc(C(N)=O)cc(C(N)=O)c1. The number of hydrogen-bond acceptors (Lipinski definition) is 4. The molecule has 0 atom stereocenters. The molecule has 0 spiro atoms. The Morgan fingerprint density at radius 3 is 1.90 bits per heavy atom. The highest BCUT2D eigenvalue weighted by Crippen LogP contribution is 2.16. The third-order valence-electron chi connectivity index (χ3n) is 2.78. The Labute approximate surface area is 122 Å². The van der Waals surface area contributed by atoms with E-state index in [1.165, 1.54) is 18.2 Å². The third kappa shape index (κ3) is 5.62. The van der Waals surface area contributed by atoms with E-state index in [-0.39, 0.29) is 23.5 Å². The first-order valence-electron chi connectivity index (χ1n) is 6.42. The van der Waals surface area contributed by atoms with Gasteiger partial charge in [-0.2, -0.15) is 0 Å². The van der Waals surface area contributed by atoms with Crippen molar-refractivity contribution in [2.24, 2.45) is 17.2 Å². The van der Waals surface area contributed by atoms with Gasteiger partial charge in [0, 0.05) is 28.8 Å². The van der Waals surface area contributed by atoms with Crippen LogP contribution in [0, 0.1) is 0 Å². The molecule has 0 bridgehead atoms. The summed E-state index contributed by atoms with van der Waals surface area (Å²) >= 11 is 0. The summed E-state index contributed by atoms with van der Waals surface area (Å²) in [6.07, 6.45) is 0.715. The molecule has 0 saturated heterocycles. The fraction of sp³-hybridized carbons (Fsp3) is 0.357. The van der Waals surface area contributed by atoms with Crippen molar-refractivity contribution in [1.29, 1.82) is 0 Å². The maximum Gasteiger partial charge on any atom is 0.248 e. The van der Waals surface area contributed by atoms with Gasteiger partial charge in [0.25, 0.3) is 0 Å². The van der Waals surface area contributed by atoms with Crippen molar-refractivity contribution < 1.29 is 14.4 Å². The van der Waals surface area contributed by atoms with E-state index in [4.69, 9.17) is 17.2 Å². The number of rotatable bonds is 6. The average Bonchev–Trinajstić information content (AvgIpc) is 2.35. The van der Waals surface area contributed by atoms with E-state index in [0.29, 0.717) is 12.1 Å². The number of anilines is 1. The molecule has 0 aliphatic rings.